The number of nitrogens with two attached hydrogens (primary N) is 2. The van der Waals surface area contributed by atoms with E-state index in [0.717, 1.165) is 0 Å². The Morgan fingerprint density at radius 1 is 1.38 bits per heavy atom. The summed E-state index contributed by atoms with van der Waals surface area (Å²) in [6, 6.07) is 4.73. The molecule has 1 aromatic heterocycles. The van der Waals surface area contributed by atoms with Crippen molar-refractivity contribution in [1.29, 1.82) is 0 Å². The van der Waals surface area contributed by atoms with Crippen molar-refractivity contribution in [3.05, 3.63) is 35.2 Å². The van der Waals surface area contributed by atoms with Crippen LogP contribution in [0, 0.1) is 0 Å². The smallest absolute Gasteiger partial charge is 0.526 e. The molecular weight excluding hydrogens is 381 g/mol. The highest BCUT2D eigenvalue weighted by Gasteiger charge is 2.37. The molecule has 0 aliphatic carbocycles. The zero-order chi connectivity index (χ0) is 21.0. The average Bonchev–Trinajstić information content (AvgIpc) is 3.08. The highest BCUT2D eigenvalue weighted by molar-refractivity contribution is 6.47. The van der Waals surface area contributed by atoms with Crippen LogP contribution in [-0.2, 0) is 24.2 Å². The summed E-state index contributed by atoms with van der Waals surface area (Å²) >= 11 is 0. The molecule has 2 heterocycles. The highest BCUT2D eigenvalue weighted by Crippen LogP contribution is 2.36. The molecule has 3 rings (SSSR count). The molecule has 1 aromatic carbocycles. The molecule has 6 N–H and O–H groups in total. The lowest BCUT2D eigenvalue weighted by Gasteiger charge is -2.27. The van der Waals surface area contributed by atoms with E-state index >= 15 is 0 Å². The Kier molecular flexibility index (Phi) is 6.07. The van der Waals surface area contributed by atoms with Gasteiger partial charge in [0.05, 0.1) is 25.1 Å². The number of fused-ring (bicyclic) bond motifs is 1. The SMILES string of the molecule is NC(N)=NCCn1nnnc1CC(=O)C[C@H]1Cc2cccc(C(=O)O)c2OB1O. The zero-order valence-electron chi connectivity index (χ0n) is 15.4. The number of aliphatic imine (C=N–C) groups is 1. The van der Waals surface area contributed by atoms with E-state index in [-0.39, 0.29) is 42.4 Å². The Hall–Kier alpha value is -3.48. The fourth-order valence-corrected chi connectivity index (χ4v) is 3.16. The molecular formula is C16H20BN7O5. The molecule has 1 aliphatic heterocycles. The summed E-state index contributed by atoms with van der Waals surface area (Å²) in [7, 11) is -1.29. The van der Waals surface area contributed by atoms with Crippen LogP contribution in [0.25, 0.3) is 0 Å². The predicted octanol–water partition coefficient (Wildman–Crippen LogP) is -1.37. The number of hydrogen-bond acceptors (Lipinski definition) is 8. The number of aromatic carboxylic acids is 1. The fourth-order valence-electron chi connectivity index (χ4n) is 3.16. The van der Waals surface area contributed by atoms with E-state index in [1.54, 1.807) is 12.1 Å². The number of tetrazole rings is 1. The third-order valence-corrected chi connectivity index (χ3v) is 4.51. The maximum absolute atomic E-state index is 12.5. The molecule has 0 bridgehead atoms. The van der Waals surface area contributed by atoms with Gasteiger partial charge in [-0.25, -0.2) is 9.48 Å². The molecule has 0 radical (unpaired) electrons. The fraction of sp³-hybridized carbons (Fsp3) is 0.375. The van der Waals surface area contributed by atoms with E-state index in [2.05, 4.69) is 20.5 Å². The number of nitrogens with zero attached hydrogens (tertiary/aromatic N) is 5. The molecule has 0 fully saturated rings. The Balaban J connectivity index is 1.63. The summed E-state index contributed by atoms with van der Waals surface area (Å²) in [6.07, 6.45) is 0.317. The summed E-state index contributed by atoms with van der Waals surface area (Å²) in [5.74, 6) is -1.39. The number of ketones is 1. The molecule has 13 heteroatoms. The summed E-state index contributed by atoms with van der Waals surface area (Å²) < 4.78 is 6.85. The second-order valence-electron chi connectivity index (χ2n) is 6.62. The average molecular weight is 401 g/mol. The maximum Gasteiger partial charge on any atom is 0.526 e. The Morgan fingerprint density at radius 2 is 2.17 bits per heavy atom. The van der Waals surface area contributed by atoms with Crippen LogP contribution >= 0.6 is 0 Å². The van der Waals surface area contributed by atoms with Gasteiger partial charge in [-0.15, -0.1) is 5.10 Å². The van der Waals surface area contributed by atoms with Gasteiger partial charge in [0, 0.05) is 12.2 Å². The van der Waals surface area contributed by atoms with Gasteiger partial charge >= 0.3 is 13.1 Å². The minimum absolute atomic E-state index is 0.0220. The van der Waals surface area contributed by atoms with E-state index < -0.39 is 18.9 Å². The van der Waals surface area contributed by atoms with Crippen LogP contribution in [-0.4, -0.2) is 61.7 Å². The third-order valence-electron chi connectivity index (χ3n) is 4.51. The first kappa shape index (κ1) is 20.3. The lowest BCUT2D eigenvalue weighted by atomic mass is 9.64. The van der Waals surface area contributed by atoms with Crippen LogP contribution in [0.4, 0.5) is 0 Å². The normalized spacial score (nSPS) is 15.3. The Morgan fingerprint density at radius 3 is 2.90 bits per heavy atom. The van der Waals surface area contributed by atoms with Gasteiger partial charge in [-0.2, -0.15) is 0 Å². The van der Waals surface area contributed by atoms with Crippen molar-refractivity contribution >= 4 is 24.8 Å². The minimum atomic E-state index is -1.29. The first-order valence-corrected chi connectivity index (χ1v) is 8.87. The van der Waals surface area contributed by atoms with Crippen molar-refractivity contribution in [2.45, 2.75) is 31.6 Å². The molecule has 0 spiro atoms. The second kappa shape index (κ2) is 8.69. The number of carboxylic acids is 1. The van der Waals surface area contributed by atoms with E-state index in [0.29, 0.717) is 24.4 Å². The van der Waals surface area contributed by atoms with Crippen LogP contribution in [0.15, 0.2) is 23.2 Å². The number of carboxylic acid groups (broad SMARTS) is 1. The third kappa shape index (κ3) is 4.87. The van der Waals surface area contributed by atoms with Crippen molar-refractivity contribution in [1.82, 2.24) is 20.2 Å². The number of guanidine groups is 1. The maximum atomic E-state index is 12.5. The van der Waals surface area contributed by atoms with Gasteiger partial charge in [0.1, 0.15) is 11.5 Å². The summed E-state index contributed by atoms with van der Waals surface area (Å²) in [4.78, 5) is 27.7. The molecule has 2 aromatic rings. The van der Waals surface area contributed by atoms with E-state index in [9.17, 15) is 19.7 Å². The molecule has 1 aliphatic rings. The minimum Gasteiger partial charge on any atom is -0.535 e. The Labute approximate surface area is 165 Å². The molecule has 0 saturated carbocycles. The number of carbonyl (C=O) groups is 2. The van der Waals surface area contributed by atoms with Crippen molar-refractivity contribution < 1.29 is 24.4 Å². The molecule has 0 unspecified atom stereocenters. The number of rotatable bonds is 8. The van der Waals surface area contributed by atoms with Gasteiger partial charge in [0.15, 0.2) is 11.8 Å². The largest absolute Gasteiger partial charge is 0.535 e. The van der Waals surface area contributed by atoms with Crippen LogP contribution in [0.1, 0.15) is 28.2 Å². The first-order valence-electron chi connectivity index (χ1n) is 8.87. The summed E-state index contributed by atoms with van der Waals surface area (Å²) in [5, 5.41) is 30.7. The summed E-state index contributed by atoms with van der Waals surface area (Å²) in [5.41, 5.74) is 11.2. The summed E-state index contributed by atoms with van der Waals surface area (Å²) in [6.45, 7) is 0.584. The topological polar surface area (TPSA) is 192 Å². The van der Waals surface area contributed by atoms with E-state index in [1.165, 1.54) is 10.7 Å². The highest BCUT2D eigenvalue weighted by atomic mass is 16.5. The Bertz CT molecular complexity index is 943. The van der Waals surface area contributed by atoms with Crippen LogP contribution < -0.4 is 16.1 Å². The zero-order valence-corrected chi connectivity index (χ0v) is 15.4. The van der Waals surface area contributed by atoms with Crippen LogP contribution in [0.5, 0.6) is 5.75 Å². The van der Waals surface area contributed by atoms with Crippen molar-refractivity contribution in [2.75, 3.05) is 6.54 Å². The molecule has 1 atom stereocenters. The number of para-hydroxylation sites is 1. The number of carbonyl (C=O) groups excluding carboxylic acids is 1. The van der Waals surface area contributed by atoms with E-state index in [1.807, 2.05) is 0 Å². The van der Waals surface area contributed by atoms with Gasteiger partial charge in [0.25, 0.3) is 0 Å². The monoisotopic (exact) mass is 401 g/mol. The second-order valence-corrected chi connectivity index (χ2v) is 6.62. The molecule has 0 saturated heterocycles. The number of hydrogen-bond donors (Lipinski definition) is 4. The standard InChI is InChI=1S/C16H20BN7O5/c18-16(19)20-4-5-24-13(21-22-23-24)8-11(25)7-10-6-9-2-1-3-12(15(26)27)14(9)29-17(10)28/h1-3,10,28H,4-8H2,(H,26,27)(H4,18,19,20)/t10-/m1/s1. The molecule has 0 amide bonds. The lowest BCUT2D eigenvalue weighted by molar-refractivity contribution is -0.118. The molecule has 12 nitrogen and oxygen atoms in total. The number of Topliss-reactive ketones (excluding diaryl/α,β-unsaturated/α-hetero) is 1. The number of aromatic nitrogens is 4. The van der Waals surface area contributed by atoms with Crippen LogP contribution in [0.3, 0.4) is 0 Å². The van der Waals surface area contributed by atoms with Crippen molar-refractivity contribution in [2.24, 2.45) is 16.5 Å². The van der Waals surface area contributed by atoms with Gasteiger partial charge in [-0.1, -0.05) is 12.1 Å². The molecule has 152 valence electrons. The van der Waals surface area contributed by atoms with Crippen molar-refractivity contribution in [3.63, 3.8) is 0 Å². The van der Waals surface area contributed by atoms with E-state index in [4.69, 9.17) is 16.1 Å². The lowest BCUT2D eigenvalue weighted by Crippen LogP contribution is -2.36. The van der Waals surface area contributed by atoms with Gasteiger partial charge in [-0.3, -0.25) is 9.79 Å². The van der Waals surface area contributed by atoms with Crippen molar-refractivity contribution in [3.8, 4) is 5.75 Å². The van der Waals surface area contributed by atoms with Crippen LogP contribution in [0.2, 0.25) is 5.82 Å². The first-order chi connectivity index (χ1) is 13.8. The van der Waals surface area contributed by atoms with Gasteiger partial charge in [0.2, 0.25) is 0 Å². The number of benzene rings is 1. The van der Waals surface area contributed by atoms with Gasteiger partial charge in [-0.05, 0) is 28.5 Å². The molecule has 29 heavy (non-hydrogen) atoms. The quantitative estimate of drug-likeness (QED) is 0.233. The predicted molar refractivity (Wildman–Crippen MR) is 101 cm³/mol. The van der Waals surface area contributed by atoms with Gasteiger partial charge < -0.3 is 26.3 Å².